The molecular formula is C17H24IN3S. The molecule has 1 aromatic carbocycles. The highest BCUT2D eigenvalue weighted by Gasteiger charge is 2.07. The molecule has 0 aliphatic rings. The fraction of sp³-hybridized carbons (Fsp3) is 0.353. The second kappa shape index (κ2) is 9.84. The van der Waals surface area contributed by atoms with E-state index in [4.69, 9.17) is 0 Å². The lowest BCUT2D eigenvalue weighted by atomic mass is 10.2. The van der Waals surface area contributed by atoms with Crippen LogP contribution in [0.2, 0.25) is 0 Å². The number of halogens is 1. The number of hydrogen-bond acceptors (Lipinski definition) is 2. The van der Waals surface area contributed by atoms with Gasteiger partial charge in [0.05, 0.1) is 0 Å². The van der Waals surface area contributed by atoms with Gasteiger partial charge in [0, 0.05) is 35.8 Å². The maximum absolute atomic E-state index is 4.29. The van der Waals surface area contributed by atoms with Crippen LogP contribution in [0.25, 0.3) is 0 Å². The standard InChI is InChI=1S/C17H23N3S.HI/c1-13(11-16-10-9-14(2)21-16)20-17(18-3)19-12-15-7-5-4-6-8-15;/h4-10,13H,11-12H2,1-3H3,(H2,18,19,20);1H. The van der Waals surface area contributed by atoms with E-state index in [2.05, 4.69) is 65.9 Å². The predicted octanol–water partition coefficient (Wildman–Crippen LogP) is 3.97. The molecule has 1 aromatic heterocycles. The van der Waals surface area contributed by atoms with E-state index in [1.807, 2.05) is 24.5 Å². The Morgan fingerprint density at radius 3 is 2.50 bits per heavy atom. The van der Waals surface area contributed by atoms with E-state index in [9.17, 15) is 0 Å². The zero-order chi connectivity index (χ0) is 15.1. The van der Waals surface area contributed by atoms with Gasteiger partial charge in [-0.05, 0) is 31.5 Å². The van der Waals surface area contributed by atoms with Gasteiger partial charge >= 0.3 is 0 Å². The molecule has 1 atom stereocenters. The zero-order valence-corrected chi connectivity index (χ0v) is 16.4. The van der Waals surface area contributed by atoms with Gasteiger partial charge in [0.1, 0.15) is 0 Å². The molecule has 0 radical (unpaired) electrons. The first-order valence-corrected chi connectivity index (χ1v) is 8.05. The summed E-state index contributed by atoms with van der Waals surface area (Å²) in [6.45, 7) is 5.11. The van der Waals surface area contributed by atoms with Crippen molar-refractivity contribution in [1.82, 2.24) is 10.6 Å². The normalized spacial score (nSPS) is 12.4. The van der Waals surface area contributed by atoms with Crippen LogP contribution in [0.5, 0.6) is 0 Å². The first-order valence-electron chi connectivity index (χ1n) is 7.24. The highest BCUT2D eigenvalue weighted by Crippen LogP contribution is 2.16. The molecular weight excluding hydrogens is 405 g/mol. The molecule has 2 aromatic rings. The highest BCUT2D eigenvalue weighted by molar-refractivity contribution is 14.0. The Labute approximate surface area is 154 Å². The Bertz CT molecular complexity index is 581. The van der Waals surface area contributed by atoms with Crippen LogP contribution < -0.4 is 10.6 Å². The zero-order valence-electron chi connectivity index (χ0n) is 13.3. The van der Waals surface area contributed by atoms with E-state index in [1.54, 1.807) is 0 Å². The number of aryl methyl sites for hydroxylation is 1. The van der Waals surface area contributed by atoms with Crippen LogP contribution in [0.4, 0.5) is 0 Å². The third-order valence-electron chi connectivity index (χ3n) is 3.21. The molecule has 0 amide bonds. The molecule has 2 rings (SSSR count). The van der Waals surface area contributed by atoms with Gasteiger partial charge in [-0.25, -0.2) is 0 Å². The molecule has 5 heteroatoms. The largest absolute Gasteiger partial charge is 0.354 e. The van der Waals surface area contributed by atoms with Gasteiger partial charge in [-0.3, -0.25) is 4.99 Å². The van der Waals surface area contributed by atoms with Crippen molar-refractivity contribution < 1.29 is 0 Å². The van der Waals surface area contributed by atoms with Crippen molar-refractivity contribution in [2.45, 2.75) is 32.9 Å². The molecule has 0 bridgehead atoms. The Hall–Kier alpha value is -1.08. The molecule has 1 heterocycles. The van der Waals surface area contributed by atoms with E-state index >= 15 is 0 Å². The number of benzene rings is 1. The summed E-state index contributed by atoms with van der Waals surface area (Å²) in [6.07, 6.45) is 1.02. The van der Waals surface area contributed by atoms with Crippen LogP contribution in [0.15, 0.2) is 47.5 Å². The number of nitrogens with zero attached hydrogens (tertiary/aromatic N) is 1. The fourth-order valence-corrected chi connectivity index (χ4v) is 3.18. The maximum Gasteiger partial charge on any atom is 0.191 e. The van der Waals surface area contributed by atoms with Crippen LogP contribution in [0.1, 0.15) is 22.2 Å². The van der Waals surface area contributed by atoms with Crippen molar-refractivity contribution in [2.75, 3.05) is 7.05 Å². The van der Waals surface area contributed by atoms with Gasteiger partial charge in [-0.1, -0.05) is 30.3 Å². The average Bonchev–Trinajstić information content (AvgIpc) is 2.89. The molecule has 22 heavy (non-hydrogen) atoms. The second-order valence-electron chi connectivity index (χ2n) is 5.17. The topological polar surface area (TPSA) is 36.4 Å². The maximum atomic E-state index is 4.29. The van der Waals surface area contributed by atoms with Gasteiger partial charge in [-0.15, -0.1) is 35.3 Å². The minimum atomic E-state index is 0. The molecule has 0 saturated heterocycles. The Morgan fingerprint density at radius 2 is 1.91 bits per heavy atom. The molecule has 0 aliphatic heterocycles. The Kier molecular flexibility index (Phi) is 8.48. The Balaban J connectivity index is 0.00000242. The molecule has 0 saturated carbocycles. The number of guanidine groups is 1. The second-order valence-corrected chi connectivity index (χ2v) is 6.55. The molecule has 1 unspecified atom stereocenters. The van der Waals surface area contributed by atoms with E-state index < -0.39 is 0 Å². The van der Waals surface area contributed by atoms with E-state index in [1.165, 1.54) is 15.3 Å². The minimum absolute atomic E-state index is 0. The summed E-state index contributed by atoms with van der Waals surface area (Å²) in [5, 5.41) is 6.79. The molecule has 3 nitrogen and oxygen atoms in total. The van der Waals surface area contributed by atoms with Gasteiger partial charge in [0.25, 0.3) is 0 Å². The summed E-state index contributed by atoms with van der Waals surface area (Å²) in [7, 11) is 1.81. The summed E-state index contributed by atoms with van der Waals surface area (Å²) in [6, 6.07) is 15.1. The molecule has 0 aliphatic carbocycles. The summed E-state index contributed by atoms with van der Waals surface area (Å²) >= 11 is 1.86. The van der Waals surface area contributed by atoms with E-state index in [0.29, 0.717) is 6.04 Å². The molecule has 2 N–H and O–H groups in total. The third kappa shape index (κ3) is 6.36. The molecule has 0 spiro atoms. The van der Waals surface area contributed by atoms with Gasteiger partial charge in [0.2, 0.25) is 0 Å². The van der Waals surface area contributed by atoms with Crippen LogP contribution in [-0.4, -0.2) is 19.0 Å². The lowest BCUT2D eigenvalue weighted by Crippen LogP contribution is -2.42. The number of nitrogens with one attached hydrogen (secondary N) is 2. The minimum Gasteiger partial charge on any atom is -0.354 e. The number of thiophene rings is 1. The number of hydrogen-bond donors (Lipinski definition) is 2. The van der Waals surface area contributed by atoms with Crippen molar-refractivity contribution in [1.29, 1.82) is 0 Å². The van der Waals surface area contributed by atoms with E-state index in [-0.39, 0.29) is 24.0 Å². The molecule has 120 valence electrons. The van der Waals surface area contributed by atoms with Crippen molar-refractivity contribution >= 4 is 41.3 Å². The van der Waals surface area contributed by atoms with E-state index in [0.717, 1.165) is 18.9 Å². The quantitative estimate of drug-likeness (QED) is 0.429. The average molecular weight is 429 g/mol. The summed E-state index contributed by atoms with van der Waals surface area (Å²) in [4.78, 5) is 7.06. The van der Waals surface area contributed by atoms with Crippen LogP contribution in [0.3, 0.4) is 0 Å². The lowest BCUT2D eigenvalue weighted by Gasteiger charge is -2.17. The predicted molar refractivity (Wildman–Crippen MR) is 107 cm³/mol. The lowest BCUT2D eigenvalue weighted by molar-refractivity contribution is 0.645. The first kappa shape index (κ1) is 19.0. The van der Waals surface area contributed by atoms with Crippen LogP contribution >= 0.6 is 35.3 Å². The summed E-state index contributed by atoms with van der Waals surface area (Å²) in [5.74, 6) is 0.847. The smallest absolute Gasteiger partial charge is 0.191 e. The SMILES string of the molecule is CN=C(NCc1ccccc1)NC(C)Cc1ccc(C)s1.I. The van der Waals surface area contributed by atoms with Crippen molar-refractivity contribution in [3.8, 4) is 0 Å². The Morgan fingerprint density at radius 1 is 1.18 bits per heavy atom. The fourth-order valence-electron chi connectivity index (χ4n) is 2.16. The third-order valence-corrected chi connectivity index (χ3v) is 4.24. The summed E-state index contributed by atoms with van der Waals surface area (Å²) in [5.41, 5.74) is 1.25. The van der Waals surface area contributed by atoms with Crippen LogP contribution in [0, 0.1) is 6.92 Å². The monoisotopic (exact) mass is 429 g/mol. The first-order chi connectivity index (χ1) is 10.2. The van der Waals surface area contributed by atoms with Crippen molar-refractivity contribution in [3.05, 3.63) is 57.8 Å². The van der Waals surface area contributed by atoms with Gasteiger partial charge in [0.15, 0.2) is 5.96 Å². The number of rotatable bonds is 5. The summed E-state index contributed by atoms with van der Waals surface area (Å²) < 4.78 is 0. The van der Waals surface area contributed by atoms with Crippen molar-refractivity contribution in [2.24, 2.45) is 4.99 Å². The van der Waals surface area contributed by atoms with Crippen molar-refractivity contribution in [3.63, 3.8) is 0 Å². The van der Waals surface area contributed by atoms with Crippen LogP contribution in [-0.2, 0) is 13.0 Å². The van der Waals surface area contributed by atoms with Gasteiger partial charge < -0.3 is 10.6 Å². The molecule has 0 fully saturated rings. The highest BCUT2D eigenvalue weighted by atomic mass is 127. The number of aliphatic imine (C=N–C) groups is 1. The van der Waals surface area contributed by atoms with Gasteiger partial charge in [-0.2, -0.15) is 0 Å².